The highest BCUT2D eigenvalue weighted by atomic mass is 32.1. The Balaban J connectivity index is 1.71. The van der Waals surface area contributed by atoms with Gasteiger partial charge in [0.15, 0.2) is 0 Å². The molecule has 1 aromatic carbocycles. The van der Waals surface area contributed by atoms with Crippen LogP contribution >= 0.6 is 11.3 Å². The average Bonchev–Trinajstić information content (AvgIpc) is 3.27. The number of methoxy groups -OCH3 is 1. The topological polar surface area (TPSA) is 43.3 Å². The zero-order chi connectivity index (χ0) is 16.1. The Kier molecular flexibility index (Phi) is 4.78. The van der Waals surface area contributed by atoms with E-state index in [1.807, 2.05) is 60.2 Å². The standard InChI is InChI=1S/C18H18N2O2S/c1-22-15-8-6-14(7-9-15)19-18(21)13-16(17-5-4-12-23-17)20-10-2-3-11-20/h2-12,16H,13H2,1H3,(H,19,21). The summed E-state index contributed by atoms with van der Waals surface area (Å²) in [5, 5.41) is 4.98. The van der Waals surface area contributed by atoms with E-state index in [0.717, 1.165) is 11.4 Å². The molecule has 3 rings (SSSR count). The first-order valence-corrected chi connectivity index (χ1v) is 8.24. The van der Waals surface area contributed by atoms with Crippen LogP contribution in [0.2, 0.25) is 0 Å². The number of amides is 1. The average molecular weight is 326 g/mol. The molecule has 0 fully saturated rings. The number of aromatic nitrogens is 1. The molecule has 0 bridgehead atoms. The van der Waals surface area contributed by atoms with Gasteiger partial charge < -0.3 is 14.6 Å². The third kappa shape index (κ3) is 3.81. The van der Waals surface area contributed by atoms with Crippen molar-refractivity contribution in [3.63, 3.8) is 0 Å². The summed E-state index contributed by atoms with van der Waals surface area (Å²) in [4.78, 5) is 13.6. The van der Waals surface area contributed by atoms with Crippen LogP contribution in [-0.4, -0.2) is 17.6 Å². The number of ether oxygens (including phenoxy) is 1. The first kappa shape index (κ1) is 15.4. The number of nitrogens with one attached hydrogen (secondary N) is 1. The third-order valence-electron chi connectivity index (χ3n) is 3.61. The van der Waals surface area contributed by atoms with Crippen molar-refractivity contribution in [3.05, 3.63) is 71.2 Å². The lowest BCUT2D eigenvalue weighted by molar-refractivity contribution is -0.116. The number of rotatable bonds is 6. The van der Waals surface area contributed by atoms with Gasteiger partial charge in [-0.1, -0.05) is 6.07 Å². The lowest BCUT2D eigenvalue weighted by Crippen LogP contribution is -2.19. The van der Waals surface area contributed by atoms with Crippen molar-refractivity contribution >= 4 is 22.9 Å². The molecule has 1 atom stereocenters. The van der Waals surface area contributed by atoms with Gasteiger partial charge in [-0.15, -0.1) is 11.3 Å². The molecule has 118 valence electrons. The van der Waals surface area contributed by atoms with Crippen LogP contribution in [0.4, 0.5) is 5.69 Å². The van der Waals surface area contributed by atoms with E-state index in [-0.39, 0.29) is 11.9 Å². The molecule has 1 unspecified atom stereocenters. The summed E-state index contributed by atoms with van der Waals surface area (Å²) >= 11 is 1.67. The van der Waals surface area contributed by atoms with Gasteiger partial charge >= 0.3 is 0 Å². The largest absolute Gasteiger partial charge is 0.497 e. The molecule has 2 heterocycles. The second-order valence-electron chi connectivity index (χ2n) is 5.14. The number of carbonyl (C=O) groups excluding carboxylic acids is 1. The number of anilines is 1. The Morgan fingerprint density at radius 3 is 2.52 bits per heavy atom. The Hall–Kier alpha value is -2.53. The van der Waals surface area contributed by atoms with Crippen molar-refractivity contribution in [1.82, 2.24) is 4.57 Å². The molecule has 0 spiro atoms. The highest BCUT2D eigenvalue weighted by Gasteiger charge is 2.18. The van der Waals surface area contributed by atoms with Gasteiger partial charge in [0.25, 0.3) is 0 Å². The number of thiophene rings is 1. The lowest BCUT2D eigenvalue weighted by atomic mass is 10.1. The number of hydrogen-bond donors (Lipinski definition) is 1. The highest BCUT2D eigenvalue weighted by molar-refractivity contribution is 7.10. The summed E-state index contributed by atoms with van der Waals surface area (Å²) in [5.41, 5.74) is 0.772. The predicted octanol–water partition coefficient (Wildman–Crippen LogP) is 4.18. The van der Waals surface area contributed by atoms with Crippen LogP contribution < -0.4 is 10.1 Å². The molecule has 2 aromatic heterocycles. The van der Waals surface area contributed by atoms with E-state index < -0.39 is 0 Å². The van der Waals surface area contributed by atoms with E-state index >= 15 is 0 Å². The van der Waals surface area contributed by atoms with E-state index in [0.29, 0.717) is 6.42 Å². The number of carbonyl (C=O) groups is 1. The van der Waals surface area contributed by atoms with Crippen LogP contribution in [0, 0.1) is 0 Å². The molecule has 3 aromatic rings. The molecule has 0 saturated heterocycles. The zero-order valence-corrected chi connectivity index (χ0v) is 13.6. The summed E-state index contributed by atoms with van der Waals surface area (Å²) in [6.07, 6.45) is 4.37. The van der Waals surface area contributed by atoms with E-state index in [1.54, 1.807) is 18.4 Å². The minimum atomic E-state index is -0.0118. The fraction of sp³-hybridized carbons (Fsp3) is 0.167. The lowest BCUT2D eigenvalue weighted by Gasteiger charge is -2.17. The van der Waals surface area contributed by atoms with Gasteiger partial charge in [-0.3, -0.25) is 4.79 Å². The molecule has 0 aliphatic rings. The molecule has 0 aliphatic heterocycles. The van der Waals surface area contributed by atoms with Gasteiger partial charge in [-0.25, -0.2) is 0 Å². The van der Waals surface area contributed by atoms with Crippen LogP contribution in [0.25, 0.3) is 0 Å². The molecule has 0 radical (unpaired) electrons. The SMILES string of the molecule is COc1ccc(NC(=O)CC(c2cccs2)n2cccc2)cc1. The molecule has 1 N–H and O–H groups in total. The molecule has 0 saturated carbocycles. The van der Waals surface area contributed by atoms with Crippen molar-refractivity contribution in [2.24, 2.45) is 0 Å². The first-order valence-electron chi connectivity index (χ1n) is 7.36. The number of hydrogen-bond acceptors (Lipinski definition) is 3. The smallest absolute Gasteiger partial charge is 0.226 e. The van der Waals surface area contributed by atoms with Crippen LogP contribution in [0.5, 0.6) is 5.75 Å². The van der Waals surface area contributed by atoms with Crippen LogP contribution in [-0.2, 0) is 4.79 Å². The maximum atomic E-state index is 12.4. The molecule has 4 nitrogen and oxygen atoms in total. The fourth-order valence-electron chi connectivity index (χ4n) is 2.45. The maximum Gasteiger partial charge on any atom is 0.226 e. The second kappa shape index (κ2) is 7.15. The van der Waals surface area contributed by atoms with E-state index in [9.17, 15) is 4.79 Å². The molecular weight excluding hydrogens is 308 g/mol. The maximum absolute atomic E-state index is 12.4. The second-order valence-corrected chi connectivity index (χ2v) is 6.12. The predicted molar refractivity (Wildman–Crippen MR) is 93.1 cm³/mol. The quantitative estimate of drug-likeness (QED) is 0.738. The highest BCUT2D eigenvalue weighted by Crippen LogP contribution is 2.27. The Morgan fingerprint density at radius 2 is 1.91 bits per heavy atom. The molecule has 1 amide bonds. The van der Waals surface area contributed by atoms with E-state index in [4.69, 9.17) is 4.74 Å². The summed E-state index contributed by atoms with van der Waals surface area (Å²) in [5.74, 6) is 0.758. The normalized spacial score (nSPS) is 11.9. The van der Waals surface area contributed by atoms with Crippen molar-refractivity contribution in [1.29, 1.82) is 0 Å². The van der Waals surface area contributed by atoms with Gasteiger partial charge in [-0.2, -0.15) is 0 Å². The van der Waals surface area contributed by atoms with E-state index in [1.165, 1.54) is 4.88 Å². The number of benzene rings is 1. The number of nitrogens with zero attached hydrogens (tertiary/aromatic N) is 1. The molecule has 0 aliphatic carbocycles. The van der Waals surface area contributed by atoms with Crippen LogP contribution in [0.15, 0.2) is 66.3 Å². The summed E-state index contributed by atoms with van der Waals surface area (Å²) in [6, 6.07) is 15.4. The van der Waals surface area contributed by atoms with Gasteiger partial charge in [0.05, 0.1) is 19.6 Å². The Morgan fingerprint density at radius 1 is 1.17 bits per heavy atom. The first-order chi connectivity index (χ1) is 11.3. The zero-order valence-electron chi connectivity index (χ0n) is 12.8. The minimum Gasteiger partial charge on any atom is -0.497 e. The fourth-order valence-corrected chi connectivity index (χ4v) is 3.28. The third-order valence-corrected chi connectivity index (χ3v) is 4.59. The van der Waals surface area contributed by atoms with Gasteiger partial charge in [0.1, 0.15) is 5.75 Å². The molecule has 5 heteroatoms. The summed E-state index contributed by atoms with van der Waals surface area (Å²) < 4.78 is 7.19. The molecule has 23 heavy (non-hydrogen) atoms. The van der Waals surface area contributed by atoms with Gasteiger partial charge in [-0.05, 0) is 47.8 Å². The van der Waals surface area contributed by atoms with Crippen molar-refractivity contribution in [2.75, 3.05) is 12.4 Å². The van der Waals surface area contributed by atoms with Crippen LogP contribution in [0.1, 0.15) is 17.3 Å². The van der Waals surface area contributed by atoms with Crippen LogP contribution in [0.3, 0.4) is 0 Å². The van der Waals surface area contributed by atoms with Crippen molar-refractivity contribution < 1.29 is 9.53 Å². The van der Waals surface area contributed by atoms with Gasteiger partial charge in [0.2, 0.25) is 5.91 Å². The summed E-state index contributed by atoms with van der Waals surface area (Å²) in [7, 11) is 1.62. The monoisotopic (exact) mass is 326 g/mol. The Bertz CT molecular complexity index is 700. The summed E-state index contributed by atoms with van der Waals surface area (Å²) in [6.45, 7) is 0. The minimum absolute atomic E-state index is 0.0118. The molecular formula is C18H18N2O2S. The Labute approximate surface area is 139 Å². The van der Waals surface area contributed by atoms with E-state index in [2.05, 4.69) is 16.0 Å². The van der Waals surface area contributed by atoms with Crippen molar-refractivity contribution in [3.8, 4) is 5.75 Å². The van der Waals surface area contributed by atoms with Crippen molar-refractivity contribution in [2.45, 2.75) is 12.5 Å². The van der Waals surface area contributed by atoms with Gasteiger partial charge in [0, 0.05) is 23.0 Å².